The van der Waals surface area contributed by atoms with Crippen LogP contribution < -0.4 is 5.32 Å². The fourth-order valence-electron chi connectivity index (χ4n) is 4.04. The number of nitrogens with one attached hydrogen (secondary N) is 1. The molecule has 0 bridgehead atoms. The van der Waals surface area contributed by atoms with Crippen LogP contribution in [0.4, 0.5) is 10.1 Å². The molecule has 32 heavy (non-hydrogen) atoms. The Balaban J connectivity index is 0.00000289. The van der Waals surface area contributed by atoms with Crippen molar-refractivity contribution in [3.05, 3.63) is 94.7 Å². The number of benzene rings is 2. The average molecular weight is 452 g/mol. The predicted molar refractivity (Wildman–Crippen MR) is 134 cm³/mol. The number of hydrogen-bond acceptors (Lipinski definition) is 2. The van der Waals surface area contributed by atoms with Crippen molar-refractivity contribution in [1.29, 1.82) is 0 Å². The van der Waals surface area contributed by atoms with Gasteiger partial charge in [0.05, 0.1) is 17.8 Å². The van der Waals surface area contributed by atoms with Crippen molar-refractivity contribution in [3.63, 3.8) is 0 Å². The van der Waals surface area contributed by atoms with Crippen LogP contribution in [0.2, 0.25) is 0 Å². The number of hydrogen-bond donors (Lipinski definition) is 1. The molecule has 0 fully saturated rings. The molecular weight excluding hydrogens is 421 g/mol. The standard InChI is InChI=1S/C27H30FN3.ClH/c1-18-19(2)31(17-20-6-8-21(9-7-20)27(3,4)5)26-24(18)14-15-29-25(26)16-30-23-12-10-22(28)11-13-23;/h6-15,30H,16-17H2,1-5H3;1H. The highest BCUT2D eigenvalue weighted by atomic mass is 35.5. The normalized spacial score (nSPS) is 11.4. The Hall–Kier alpha value is -2.85. The largest absolute Gasteiger partial charge is 0.379 e. The molecule has 4 rings (SSSR count). The van der Waals surface area contributed by atoms with Gasteiger partial charge in [0.1, 0.15) is 5.82 Å². The molecule has 0 saturated carbocycles. The van der Waals surface area contributed by atoms with Crippen LogP contribution in [0.15, 0.2) is 60.8 Å². The first kappa shape index (κ1) is 23.8. The minimum Gasteiger partial charge on any atom is -0.379 e. The summed E-state index contributed by atoms with van der Waals surface area (Å²) < 4.78 is 15.6. The van der Waals surface area contributed by atoms with Gasteiger partial charge in [-0.3, -0.25) is 4.98 Å². The second kappa shape index (κ2) is 9.33. The molecule has 3 nitrogen and oxygen atoms in total. The van der Waals surface area contributed by atoms with Gasteiger partial charge in [-0.2, -0.15) is 0 Å². The molecule has 4 aromatic rings. The maximum absolute atomic E-state index is 13.2. The van der Waals surface area contributed by atoms with E-state index in [-0.39, 0.29) is 23.6 Å². The van der Waals surface area contributed by atoms with Crippen molar-refractivity contribution in [2.75, 3.05) is 5.32 Å². The van der Waals surface area contributed by atoms with Crippen molar-refractivity contribution in [3.8, 4) is 0 Å². The molecule has 0 spiro atoms. The van der Waals surface area contributed by atoms with Gasteiger partial charge in [0.25, 0.3) is 0 Å². The Kier molecular flexibility index (Phi) is 6.94. The SMILES string of the molecule is Cc1c(C)n(Cc2ccc(C(C)(C)C)cc2)c2c(CNc3ccc(F)cc3)nccc12.Cl. The maximum Gasteiger partial charge on any atom is 0.123 e. The lowest BCUT2D eigenvalue weighted by Crippen LogP contribution is -2.11. The second-order valence-electron chi connectivity index (χ2n) is 9.26. The van der Waals surface area contributed by atoms with Crippen molar-refractivity contribution in [1.82, 2.24) is 9.55 Å². The van der Waals surface area contributed by atoms with Crippen LogP contribution in [0.1, 0.15) is 48.8 Å². The van der Waals surface area contributed by atoms with Gasteiger partial charge in [-0.1, -0.05) is 45.0 Å². The molecular formula is C27H31ClFN3. The molecule has 0 unspecified atom stereocenters. The number of nitrogens with zero attached hydrogens (tertiary/aromatic N) is 2. The molecule has 2 aromatic heterocycles. The summed E-state index contributed by atoms with van der Waals surface area (Å²) in [5, 5.41) is 4.61. The van der Waals surface area contributed by atoms with Crippen molar-refractivity contribution >= 4 is 29.0 Å². The smallest absolute Gasteiger partial charge is 0.123 e. The van der Waals surface area contributed by atoms with Crippen LogP contribution in [0.25, 0.3) is 10.9 Å². The number of rotatable bonds is 5. The predicted octanol–water partition coefficient (Wildman–Crippen LogP) is 7.17. The number of aromatic nitrogens is 2. The number of fused-ring (bicyclic) bond motifs is 1. The summed E-state index contributed by atoms with van der Waals surface area (Å²) in [6.45, 7) is 12.4. The maximum atomic E-state index is 13.2. The highest BCUT2D eigenvalue weighted by Gasteiger charge is 2.17. The van der Waals surface area contributed by atoms with E-state index in [2.05, 4.69) is 79.8 Å². The summed E-state index contributed by atoms with van der Waals surface area (Å²) in [4.78, 5) is 4.69. The van der Waals surface area contributed by atoms with Gasteiger partial charge in [0.2, 0.25) is 0 Å². The van der Waals surface area contributed by atoms with Crippen molar-refractivity contribution < 1.29 is 4.39 Å². The Bertz CT molecular complexity index is 1200. The van der Waals surface area contributed by atoms with E-state index in [1.807, 2.05) is 6.20 Å². The van der Waals surface area contributed by atoms with Crippen LogP contribution in [-0.2, 0) is 18.5 Å². The minimum absolute atomic E-state index is 0. The van der Waals surface area contributed by atoms with E-state index in [4.69, 9.17) is 0 Å². The minimum atomic E-state index is -0.233. The van der Waals surface area contributed by atoms with Gasteiger partial charge in [-0.15, -0.1) is 12.4 Å². The second-order valence-corrected chi connectivity index (χ2v) is 9.26. The molecule has 2 heterocycles. The first-order chi connectivity index (χ1) is 14.7. The van der Waals surface area contributed by atoms with E-state index < -0.39 is 0 Å². The number of anilines is 1. The van der Waals surface area contributed by atoms with E-state index in [0.29, 0.717) is 6.54 Å². The molecule has 0 saturated heterocycles. The first-order valence-electron chi connectivity index (χ1n) is 10.8. The van der Waals surface area contributed by atoms with E-state index in [0.717, 1.165) is 23.4 Å². The third-order valence-corrected chi connectivity index (χ3v) is 6.09. The number of halogens is 2. The average Bonchev–Trinajstić information content (AvgIpc) is 2.98. The van der Waals surface area contributed by atoms with Gasteiger partial charge in [0.15, 0.2) is 0 Å². The fourth-order valence-corrected chi connectivity index (χ4v) is 4.04. The summed E-state index contributed by atoms with van der Waals surface area (Å²) in [7, 11) is 0. The van der Waals surface area contributed by atoms with Crippen LogP contribution in [0, 0.1) is 19.7 Å². The molecule has 5 heteroatoms. The number of aryl methyl sites for hydroxylation is 1. The molecule has 0 radical (unpaired) electrons. The number of pyridine rings is 1. The molecule has 0 aliphatic rings. The highest BCUT2D eigenvalue weighted by molar-refractivity contribution is 5.87. The summed E-state index contributed by atoms with van der Waals surface area (Å²) >= 11 is 0. The van der Waals surface area contributed by atoms with Gasteiger partial charge in [0, 0.05) is 29.5 Å². The van der Waals surface area contributed by atoms with E-state index in [9.17, 15) is 4.39 Å². The van der Waals surface area contributed by atoms with Gasteiger partial charge in [-0.25, -0.2) is 4.39 Å². The third kappa shape index (κ3) is 4.81. The van der Waals surface area contributed by atoms with Gasteiger partial charge < -0.3 is 9.88 Å². The quantitative estimate of drug-likeness (QED) is 0.348. The van der Waals surface area contributed by atoms with Crippen molar-refractivity contribution in [2.45, 2.75) is 53.1 Å². The van der Waals surface area contributed by atoms with E-state index in [1.165, 1.54) is 39.9 Å². The summed E-state index contributed by atoms with van der Waals surface area (Å²) in [5.74, 6) is -0.233. The fraction of sp³-hybridized carbons (Fsp3) is 0.296. The molecule has 0 aliphatic heterocycles. The summed E-state index contributed by atoms with van der Waals surface area (Å²) in [6.07, 6.45) is 1.87. The highest BCUT2D eigenvalue weighted by Crippen LogP contribution is 2.29. The van der Waals surface area contributed by atoms with Crippen molar-refractivity contribution in [2.24, 2.45) is 0 Å². The zero-order valence-electron chi connectivity index (χ0n) is 19.4. The Morgan fingerprint density at radius 1 is 0.938 bits per heavy atom. The molecule has 168 valence electrons. The molecule has 0 atom stereocenters. The Morgan fingerprint density at radius 3 is 2.22 bits per heavy atom. The van der Waals surface area contributed by atoms with Gasteiger partial charge >= 0.3 is 0 Å². The molecule has 0 amide bonds. The molecule has 2 aromatic carbocycles. The Labute approximate surface area is 196 Å². The monoisotopic (exact) mass is 451 g/mol. The van der Waals surface area contributed by atoms with Gasteiger partial charge in [-0.05, 0) is 66.3 Å². The Morgan fingerprint density at radius 2 is 1.59 bits per heavy atom. The zero-order valence-corrected chi connectivity index (χ0v) is 20.2. The van der Waals surface area contributed by atoms with Crippen LogP contribution in [0.3, 0.4) is 0 Å². The molecule has 0 aliphatic carbocycles. The summed E-state index contributed by atoms with van der Waals surface area (Å²) in [5.41, 5.74) is 8.33. The van der Waals surface area contributed by atoms with E-state index in [1.54, 1.807) is 12.1 Å². The summed E-state index contributed by atoms with van der Waals surface area (Å²) in [6, 6.07) is 17.5. The van der Waals surface area contributed by atoms with Crippen LogP contribution in [-0.4, -0.2) is 9.55 Å². The van der Waals surface area contributed by atoms with Crippen LogP contribution >= 0.6 is 12.4 Å². The lowest BCUT2D eigenvalue weighted by Gasteiger charge is -2.19. The van der Waals surface area contributed by atoms with Crippen LogP contribution in [0.5, 0.6) is 0 Å². The third-order valence-electron chi connectivity index (χ3n) is 6.09. The topological polar surface area (TPSA) is 29.9 Å². The lowest BCUT2D eigenvalue weighted by molar-refractivity contribution is 0.590. The molecule has 1 N–H and O–H groups in total. The zero-order chi connectivity index (χ0) is 22.2. The van der Waals surface area contributed by atoms with E-state index >= 15 is 0 Å². The lowest BCUT2D eigenvalue weighted by atomic mass is 9.87. The first-order valence-corrected chi connectivity index (χ1v) is 10.8.